The van der Waals surface area contributed by atoms with Crippen molar-refractivity contribution in [1.82, 2.24) is 10.2 Å². The number of morpholine rings is 1. The van der Waals surface area contributed by atoms with Gasteiger partial charge in [-0.05, 0) is 19.4 Å². The highest BCUT2D eigenvalue weighted by atomic mass is 35.5. The summed E-state index contributed by atoms with van der Waals surface area (Å²) in [4.78, 5) is 14.7. The van der Waals surface area contributed by atoms with Gasteiger partial charge < -0.3 is 25.6 Å². The van der Waals surface area contributed by atoms with Crippen molar-refractivity contribution >= 4 is 23.2 Å². The minimum absolute atomic E-state index is 0.0869. The van der Waals surface area contributed by atoms with Gasteiger partial charge in [-0.2, -0.15) is 0 Å². The number of ether oxygens (including phenoxy) is 2. The normalized spacial score (nSPS) is 18.1. The van der Waals surface area contributed by atoms with E-state index in [2.05, 4.69) is 10.2 Å². The monoisotopic (exact) mass is 371 g/mol. The predicted molar refractivity (Wildman–Crippen MR) is 97.2 cm³/mol. The maximum atomic E-state index is 12.5. The quantitative estimate of drug-likeness (QED) is 0.593. The fourth-order valence-corrected chi connectivity index (χ4v) is 2.89. The Kier molecular flexibility index (Phi) is 7.77. The molecule has 1 aromatic rings. The molecular weight excluding hydrogens is 346 g/mol. The lowest BCUT2D eigenvalue weighted by atomic mass is 10.1. The van der Waals surface area contributed by atoms with Crippen molar-refractivity contribution in [1.29, 1.82) is 0 Å². The van der Waals surface area contributed by atoms with Crippen LogP contribution in [0.3, 0.4) is 0 Å². The number of anilines is 1. The summed E-state index contributed by atoms with van der Waals surface area (Å²) < 4.78 is 11.2. The first kappa shape index (κ1) is 19.8. The molecule has 1 aliphatic heterocycles. The second kappa shape index (κ2) is 9.82. The minimum Gasteiger partial charge on any atom is -0.493 e. The molecular formula is C17H26ClN3O4. The molecule has 8 heteroatoms. The number of halogens is 1. The van der Waals surface area contributed by atoms with E-state index in [1.807, 2.05) is 6.92 Å². The molecule has 7 nitrogen and oxygen atoms in total. The zero-order valence-corrected chi connectivity index (χ0v) is 15.2. The molecule has 4 N–H and O–H groups in total. The van der Waals surface area contributed by atoms with Crippen LogP contribution in [0.1, 0.15) is 23.7 Å². The Morgan fingerprint density at radius 2 is 2.36 bits per heavy atom. The zero-order chi connectivity index (χ0) is 18.2. The van der Waals surface area contributed by atoms with Crippen LogP contribution in [0.15, 0.2) is 12.1 Å². The maximum absolute atomic E-state index is 12.5. The molecule has 0 spiro atoms. The second-order valence-corrected chi connectivity index (χ2v) is 6.29. The Bertz CT molecular complexity index is 585. The van der Waals surface area contributed by atoms with E-state index in [1.54, 1.807) is 6.07 Å². The number of nitrogens with one attached hydrogen (secondary N) is 1. The fourth-order valence-electron chi connectivity index (χ4n) is 2.72. The lowest BCUT2D eigenvalue weighted by Crippen LogP contribution is -2.47. The van der Waals surface area contributed by atoms with E-state index in [0.29, 0.717) is 41.8 Å². The van der Waals surface area contributed by atoms with E-state index in [9.17, 15) is 4.79 Å². The van der Waals surface area contributed by atoms with Crippen LogP contribution in [0.4, 0.5) is 5.69 Å². The summed E-state index contributed by atoms with van der Waals surface area (Å²) in [6.45, 7) is 5.83. The van der Waals surface area contributed by atoms with Crippen LogP contribution < -0.4 is 15.8 Å². The molecule has 25 heavy (non-hydrogen) atoms. The van der Waals surface area contributed by atoms with Crippen molar-refractivity contribution in [2.24, 2.45) is 0 Å². The molecule has 1 saturated heterocycles. The number of aliphatic hydroxyl groups is 1. The standard InChI is InChI=1S/C17H26ClN3O4/c1-2-24-16-9-15(19)14(18)8-13(16)17(23)20-10-12-11-21(4-3-6-22)5-7-25-12/h8-9,12,22H,2-7,10-11,19H2,1H3,(H,20,23). The Morgan fingerprint density at radius 3 is 3.08 bits per heavy atom. The van der Waals surface area contributed by atoms with Gasteiger partial charge >= 0.3 is 0 Å². The number of carbonyl (C=O) groups is 1. The number of amides is 1. The van der Waals surface area contributed by atoms with Crippen molar-refractivity contribution in [2.75, 3.05) is 51.7 Å². The highest BCUT2D eigenvalue weighted by Crippen LogP contribution is 2.29. The number of hydrogen-bond acceptors (Lipinski definition) is 6. The summed E-state index contributed by atoms with van der Waals surface area (Å²) in [6, 6.07) is 3.08. The first-order valence-electron chi connectivity index (χ1n) is 8.50. The number of nitrogen functional groups attached to an aromatic ring is 1. The molecule has 1 fully saturated rings. The minimum atomic E-state index is -0.276. The zero-order valence-electron chi connectivity index (χ0n) is 14.5. The average molecular weight is 372 g/mol. The third kappa shape index (κ3) is 5.74. The Balaban J connectivity index is 1.94. The van der Waals surface area contributed by atoms with Gasteiger partial charge in [0.2, 0.25) is 0 Å². The van der Waals surface area contributed by atoms with Gasteiger partial charge in [0, 0.05) is 38.9 Å². The number of nitrogens with zero attached hydrogens (tertiary/aromatic N) is 1. The van der Waals surface area contributed by atoms with Crippen LogP contribution in [0.25, 0.3) is 0 Å². The molecule has 0 bridgehead atoms. The number of benzene rings is 1. The van der Waals surface area contributed by atoms with Gasteiger partial charge in [-0.1, -0.05) is 11.6 Å². The maximum Gasteiger partial charge on any atom is 0.255 e. The molecule has 1 unspecified atom stereocenters. The molecule has 0 aliphatic carbocycles. The predicted octanol–water partition coefficient (Wildman–Crippen LogP) is 1.13. The van der Waals surface area contributed by atoms with E-state index >= 15 is 0 Å². The van der Waals surface area contributed by atoms with Gasteiger partial charge in [-0.25, -0.2) is 0 Å². The molecule has 2 rings (SSSR count). The van der Waals surface area contributed by atoms with E-state index < -0.39 is 0 Å². The summed E-state index contributed by atoms with van der Waals surface area (Å²) >= 11 is 6.03. The van der Waals surface area contributed by atoms with E-state index in [1.165, 1.54) is 6.07 Å². The lowest BCUT2D eigenvalue weighted by molar-refractivity contribution is -0.0276. The summed E-state index contributed by atoms with van der Waals surface area (Å²) in [7, 11) is 0. The van der Waals surface area contributed by atoms with E-state index in [0.717, 1.165) is 26.1 Å². The fraction of sp³-hybridized carbons (Fsp3) is 0.588. The molecule has 0 radical (unpaired) electrons. The number of nitrogens with two attached hydrogens (primary N) is 1. The summed E-state index contributed by atoms with van der Waals surface area (Å²) in [5.74, 6) is 0.137. The van der Waals surface area contributed by atoms with Crippen molar-refractivity contribution in [3.05, 3.63) is 22.7 Å². The molecule has 1 amide bonds. The smallest absolute Gasteiger partial charge is 0.255 e. The first-order chi connectivity index (χ1) is 12.0. The number of rotatable bonds is 8. The second-order valence-electron chi connectivity index (χ2n) is 5.88. The van der Waals surface area contributed by atoms with E-state index in [4.69, 9.17) is 31.9 Å². The number of aliphatic hydroxyl groups excluding tert-OH is 1. The summed E-state index contributed by atoms with van der Waals surface area (Å²) in [5.41, 5.74) is 6.51. The van der Waals surface area contributed by atoms with Crippen LogP contribution in [0.2, 0.25) is 5.02 Å². The van der Waals surface area contributed by atoms with Crippen LogP contribution >= 0.6 is 11.6 Å². The topological polar surface area (TPSA) is 97.0 Å². The molecule has 1 aromatic carbocycles. The van der Waals surface area contributed by atoms with E-state index in [-0.39, 0.29) is 18.6 Å². The number of carbonyl (C=O) groups excluding carboxylic acids is 1. The van der Waals surface area contributed by atoms with Crippen molar-refractivity contribution in [3.63, 3.8) is 0 Å². The highest BCUT2D eigenvalue weighted by molar-refractivity contribution is 6.33. The average Bonchev–Trinajstić information content (AvgIpc) is 2.61. The Hall–Kier alpha value is -1.54. The molecule has 1 aliphatic rings. The third-order valence-electron chi connectivity index (χ3n) is 3.99. The third-order valence-corrected chi connectivity index (χ3v) is 4.32. The van der Waals surface area contributed by atoms with Gasteiger partial charge in [0.05, 0.1) is 35.6 Å². The van der Waals surface area contributed by atoms with Crippen LogP contribution in [-0.4, -0.2) is 68.0 Å². The summed E-state index contributed by atoms with van der Waals surface area (Å²) in [6.07, 6.45) is 0.650. The van der Waals surface area contributed by atoms with Gasteiger partial charge in [0.1, 0.15) is 5.75 Å². The molecule has 0 saturated carbocycles. The van der Waals surface area contributed by atoms with Crippen LogP contribution in [-0.2, 0) is 4.74 Å². The Morgan fingerprint density at radius 1 is 1.56 bits per heavy atom. The van der Waals surface area contributed by atoms with Crippen molar-refractivity contribution in [3.8, 4) is 5.75 Å². The molecule has 1 heterocycles. The van der Waals surface area contributed by atoms with Gasteiger partial charge in [0.25, 0.3) is 5.91 Å². The van der Waals surface area contributed by atoms with Crippen LogP contribution in [0.5, 0.6) is 5.75 Å². The Labute approximate surface area is 153 Å². The van der Waals surface area contributed by atoms with Crippen molar-refractivity contribution < 1.29 is 19.4 Å². The van der Waals surface area contributed by atoms with Gasteiger partial charge in [-0.15, -0.1) is 0 Å². The van der Waals surface area contributed by atoms with Crippen molar-refractivity contribution in [2.45, 2.75) is 19.4 Å². The molecule has 0 aromatic heterocycles. The lowest BCUT2D eigenvalue weighted by Gasteiger charge is -2.32. The summed E-state index contributed by atoms with van der Waals surface area (Å²) in [5, 5.41) is 12.1. The SMILES string of the molecule is CCOc1cc(N)c(Cl)cc1C(=O)NCC1CN(CCCO)CCO1. The largest absolute Gasteiger partial charge is 0.493 e. The van der Waals surface area contributed by atoms with Crippen LogP contribution in [0, 0.1) is 0 Å². The highest BCUT2D eigenvalue weighted by Gasteiger charge is 2.22. The van der Waals surface area contributed by atoms with Gasteiger partial charge in [-0.3, -0.25) is 9.69 Å². The molecule has 140 valence electrons. The van der Waals surface area contributed by atoms with Gasteiger partial charge in [0.15, 0.2) is 0 Å². The first-order valence-corrected chi connectivity index (χ1v) is 8.87. The number of hydrogen-bond donors (Lipinski definition) is 3. The molecule has 1 atom stereocenters.